The smallest absolute Gasteiger partial charge is 0.142 e. The maximum Gasteiger partial charge on any atom is 0.142 e. The molecule has 0 amide bonds. The van der Waals surface area contributed by atoms with E-state index in [4.69, 9.17) is 11.6 Å². The molecule has 1 heterocycles. The number of nitrogens with one attached hydrogen (secondary N) is 1. The molecule has 0 fully saturated rings. The summed E-state index contributed by atoms with van der Waals surface area (Å²) >= 11 is 7.19. The fourth-order valence-electron chi connectivity index (χ4n) is 1.39. The van der Waals surface area contributed by atoms with E-state index in [-0.39, 0.29) is 11.1 Å². The van der Waals surface area contributed by atoms with Crippen molar-refractivity contribution in [2.45, 2.75) is 13.0 Å². The maximum atomic E-state index is 13.3. The van der Waals surface area contributed by atoms with E-state index >= 15 is 0 Å². The van der Waals surface area contributed by atoms with Crippen molar-refractivity contribution in [3.63, 3.8) is 0 Å². The summed E-state index contributed by atoms with van der Waals surface area (Å²) < 4.78 is 13.3. The van der Waals surface area contributed by atoms with Gasteiger partial charge in [0, 0.05) is 22.7 Å². The van der Waals surface area contributed by atoms with Crippen molar-refractivity contribution in [1.29, 1.82) is 0 Å². The Bertz CT molecular complexity index is 527. The molecule has 0 aliphatic rings. The van der Waals surface area contributed by atoms with Gasteiger partial charge < -0.3 is 5.32 Å². The van der Waals surface area contributed by atoms with Gasteiger partial charge in [0.25, 0.3) is 0 Å². The molecule has 2 aromatic rings. The van der Waals surface area contributed by atoms with Crippen LogP contribution in [0.2, 0.25) is 5.02 Å². The molecular weight excluding hydrogens is 259 g/mol. The SMILES string of the molecule is CNC(C)c1cnc(-c2ccc(Cl)c(F)c2)s1. The normalized spacial score (nSPS) is 12.7. The van der Waals surface area contributed by atoms with E-state index in [1.807, 2.05) is 13.2 Å². The molecule has 0 saturated carbocycles. The van der Waals surface area contributed by atoms with Crippen molar-refractivity contribution in [3.05, 3.63) is 40.1 Å². The summed E-state index contributed by atoms with van der Waals surface area (Å²) in [6.07, 6.45) is 1.81. The largest absolute Gasteiger partial charge is 0.312 e. The van der Waals surface area contributed by atoms with E-state index < -0.39 is 5.82 Å². The zero-order valence-electron chi connectivity index (χ0n) is 9.50. The Morgan fingerprint density at radius 2 is 2.24 bits per heavy atom. The van der Waals surface area contributed by atoms with Crippen molar-refractivity contribution < 1.29 is 4.39 Å². The third-order valence-electron chi connectivity index (χ3n) is 2.55. The third-order valence-corrected chi connectivity index (χ3v) is 4.09. The average Bonchev–Trinajstić information content (AvgIpc) is 2.81. The number of halogens is 2. The summed E-state index contributed by atoms with van der Waals surface area (Å²) in [7, 11) is 1.89. The molecule has 1 aromatic carbocycles. The van der Waals surface area contributed by atoms with Gasteiger partial charge in [0.2, 0.25) is 0 Å². The molecule has 0 saturated heterocycles. The molecule has 90 valence electrons. The van der Waals surface area contributed by atoms with Gasteiger partial charge in [0.05, 0.1) is 5.02 Å². The topological polar surface area (TPSA) is 24.9 Å². The molecular formula is C12H12ClFN2S. The van der Waals surface area contributed by atoms with Gasteiger partial charge in [-0.1, -0.05) is 17.7 Å². The maximum absolute atomic E-state index is 13.3. The summed E-state index contributed by atoms with van der Waals surface area (Å²) in [6.45, 7) is 2.06. The molecule has 0 spiro atoms. The second-order valence-corrected chi connectivity index (χ2v) is 5.18. The van der Waals surface area contributed by atoms with Crippen LogP contribution < -0.4 is 5.32 Å². The minimum absolute atomic E-state index is 0.133. The van der Waals surface area contributed by atoms with Crippen LogP contribution in [0.5, 0.6) is 0 Å². The second-order valence-electron chi connectivity index (χ2n) is 3.71. The Balaban J connectivity index is 2.33. The Labute approximate surface area is 108 Å². The number of hydrogen-bond acceptors (Lipinski definition) is 3. The highest BCUT2D eigenvalue weighted by Crippen LogP contribution is 2.30. The van der Waals surface area contributed by atoms with Crippen molar-refractivity contribution in [3.8, 4) is 10.6 Å². The van der Waals surface area contributed by atoms with E-state index in [9.17, 15) is 4.39 Å². The molecule has 2 nitrogen and oxygen atoms in total. The van der Waals surface area contributed by atoms with Crippen LogP contribution in [0, 0.1) is 5.82 Å². The highest BCUT2D eigenvalue weighted by atomic mass is 35.5. The van der Waals surface area contributed by atoms with Crippen LogP contribution in [0.4, 0.5) is 4.39 Å². The lowest BCUT2D eigenvalue weighted by molar-refractivity contribution is 0.629. The van der Waals surface area contributed by atoms with Gasteiger partial charge in [-0.3, -0.25) is 0 Å². The van der Waals surface area contributed by atoms with E-state index in [1.54, 1.807) is 23.5 Å². The number of nitrogens with zero attached hydrogens (tertiary/aromatic N) is 1. The fraction of sp³-hybridized carbons (Fsp3) is 0.250. The van der Waals surface area contributed by atoms with E-state index in [0.29, 0.717) is 0 Å². The Kier molecular flexibility index (Phi) is 3.76. The van der Waals surface area contributed by atoms with Crippen LogP contribution in [-0.4, -0.2) is 12.0 Å². The Hall–Kier alpha value is -0.970. The summed E-state index contributed by atoms with van der Waals surface area (Å²) in [5, 5.41) is 4.08. The van der Waals surface area contributed by atoms with E-state index in [1.165, 1.54) is 6.07 Å². The highest BCUT2D eigenvalue weighted by Gasteiger charge is 2.10. The van der Waals surface area contributed by atoms with Crippen LogP contribution in [0.25, 0.3) is 10.6 Å². The monoisotopic (exact) mass is 270 g/mol. The number of thiazole rings is 1. The molecule has 0 aliphatic heterocycles. The first-order valence-corrected chi connectivity index (χ1v) is 6.39. The summed E-state index contributed by atoms with van der Waals surface area (Å²) in [4.78, 5) is 5.42. The zero-order valence-corrected chi connectivity index (χ0v) is 11.1. The van der Waals surface area contributed by atoms with Crippen LogP contribution in [0.1, 0.15) is 17.8 Å². The predicted molar refractivity (Wildman–Crippen MR) is 70.0 cm³/mol. The van der Waals surface area contributed by atoms with Crippen LogP contribution in [0.3, 0.4) is 0 Å². The molecule has 1 atom stereocenters. The second kappa shape index (κ2) is 5.12. The summed E-state index contributed by atoms with van der Waals surface area (Å²) in [6, 6.07) is 4.99. The summed E-state index contributed by atoms with van der Waals surface area (Å²) in [5.41, 5.74) is 0.756. The van der Waals surface area contributed by atoms with Crippen molar-refractivity contribution in [1.82, 2.24) is 10.3 Å². The molecule has 1 aromatic heterocycles. The molecule has 1 unspecified atom stereocenters. The quantitative estimate of drug-likeness (QED) is 0.915. The average molecular weight is 271 g/mol. The van der Waals surface area contributed by atoms with E-state index in [2.05, 4.69) is 17.2 Å². The lowest BCUT2D eigenvalue weighted by Gasteiger charge is -2.04. The third kappa shape index (κ3) is 2.65. The van der Waals surface area contributed by atoms with Crippen molar-refractivity contribution in [2.24, 2.45) is 0 Å². The lowest BCUT2D eigenvalue weighted by atomic mass is 10.2. The summed E-state index contributed by atoms with van der Waals surface area (Å²) in [5.74, 6) is -0.414. The van der Waals surface area contributed by atoms with Crippen LogP contribution >= 0.6 is 22.9 Å². The van der Waals surface area contributed by atoms with Gasteiger partial charge in [0.1, 0.15) is 10.8 Å². The zero-order chi connectivity index (χ0) is 12.4. The van der Waals surface area contributed by atoms with Crippen molar-refractivity contribution in [2.75, 3.05) is 7.05 Å². The number of hydrogen-bond donors (Lipinski definition) is 1. The number of aromatic nitrogens is 1. The minimum atomic E-state index is -0.414. The van der Waals surface area contributed by atoms with Gasteiger partial charge in [-0.05, 0) is 26.1 Å². The predicted octanol–water partition coefficient (Wildman–Crippen LogP) is 3.88. The molecule has 1 N–H and O–H groups in total. The van der Waals surface area contributed by atoms with Crippen LogP contribution in [-0.2, 0) is 0 Å². The van der Waals surface area contributed by atoms with Crippen LogP contribution in [0.15, 0.2) is 24.4 Å². The van der Waals surface area contributed by atoms with Gasteiger partial charge in [-0.2, -0.15) is 0 Å². The molecule has 5 heteroatoms. The van der Waals surface area contributed by atoms with Gasteiger partial charge >= 0.3 is 0 Å². The molecule has 2 rings (SSSR count). The van der Waals surface area contributed by atoms with Gasteiger partial charge in [-0.25, -0.2) is 9.37 Å². The Morgan fingerprint density at radius 3 is 2.88 bits per heavy atom. The standard InChI is InChI=1S/C12H12ClFN2S/c1-7(15-2)11-6-16-12(17-11)8-3-4-9(13)10(14)5-8/h3-7,15H,1-2H3. The molecule has 0 aliphatic carbocycles. The first-order valence-electron chi connectivity index (χ1n) is 5.20. The number of benzene rings is 1. The highest BCUT2D eigenvalue weighted by molar-refractivity contribution is 7.15. The fourth-order valence-corrected chi connectivity index (χ4v) is 2.48. The Morgan fingerprint density at radius 1 is 1.47 bits per heavy atom. The molecule has 0 bridgehead atoms. The first-order chi connectivity index (χ1) is 8.11. The lowest BCUT2D eigenvalue weighted by Crippen LogP contribution is -2.10. The van der Waals surface area contributed by atoms with Crippen molar-refractivity contribution >= 4 is 22.9 Å². The van der Waals surface area contributed by atoms with Gasteiger partial charge in [0.15, 0.2) is 0 Å². The molecule has 0 radical (unpaired) electrons. The minimum Gasteiger partial charge on any atom is -0.312 e. The molecule has 17 heavy (non-hydrogen) atoms. The van der Waals surface area contributed by atoms with E-state index in [0.717, 1.165) is 15.4 Å². The first kappa shape index (κ1) is 12.5. The number of rotatable bonds is 3. The van der Waals surface area contributed by atoms with Gasteiger partial charge in [-0.15, -0.1) is 11.3 Å².